The molecule has 5 heteroatoms. The minimum absolute atomic E-state index is 0.365. The molecule has 0 heterocycles. The minimum atomic E-state index is -1.46. The van der Waals surface area contributed by atoms with Crippen molar-refractivity contribution in [3.63, 3.8) is 0 Å². The summed E-state index contributed by atoms with van der Waals surface area (Å²) in [4.78, 5) is 0. The molecule has 0 aromatic heterocycles. The summed E-state index contributed by atoms with van der Waals surface area (Å²) < 4.78 is 0. The van der Waals surface area contributed by atoms with Gasteiger partial charge in [0.25, 0.3) is 0 Å². The molecule has 0 saturated carbocycles. The minimum Gasteiger partial charge on any atom is -0.394 e. The van der Waals surface area contributed by atoms with E-state index in [0.717, 1.165) is 0 Å². The molecule has 0 aliphatic rings. The van der Waals surface area contributed by atoms with Crippen LogP contribution in [-0.2, 0) is 0 Å². The van der Waals surface area contributed by atoms with Crippen molar-refractivity contribution < 1.29 is 25.5 Å². The molecule has 0 aromatic carbocycles. The van der Waals surface area contributed by atoms with Crippen molar-refractivity contribution in [2.45, 2.75) is 32.2 Å². The van der Waals surface area contributed by atoms with Crippen LogP contribution in [0.25, 0.3) is 0 Å². The second-order valence-electron chi connectivity index (χ2n) is 2.59. The Morgan fingerprint density at radius 2 is 1.42 bits per heavy atom. The first-order valence-electron chi connectivity index (χ1n) is 3.72. The Morgan fingerprint density at radius 1 is 1.17 bits per heavy atom. The van der Waals surface area contributed by atoms with E-state index in [1.165, 1.54) is 6.92 Å². The summed E-state index contributed by atoms with van der Waals surface area (Å²) in [5, 5.41) is 40.8. The lowest BCUT2D eigenvalue weighted by Gasteiger charge is -2.10. The van der Waals surface area contributed by atoms with Gasteiger partial charge in [-0.15, -0.1) is 0 Å². The fourth-order valence-electron chi connectivity index (χ4n) is 0.0577. The zero-order valence-corrected chi connectivity index (χ0v) is 7.43. The molecule has 5 N–H and O–H groups in total. The van der Waals surface area contributed by atoms with Gasteiger partial charge in [0, 0.05) is 0 Å². The molecule has 0 amide bonds. The molecule has 76 valence electrons. The molecule has 0 radical (unpaired) electrons. The molecular weight excluding hydrogens is 164 g/mol. The second-order valence-corrected chi connectivity index (χ2v) is 2.59. The third-order valence-corrected chi connectivity index (χ3v) is 1.09. The van der Waals surface area contributed by atoms with Crippen molar-refractivity contribution in [1.29, 1.82) is 0 Å². The van der Waals surface area contributed by atoms with E-state index in [0.29, 0.717) is 6.42 Å². The third-order valence-electron chi connectivity index (χ3n) is 1.09. The van der Waals surface area contributed by atoms with E-state index in [4.69, 9.17) is 25.5 Å². The topological polar surface area (TPSA) is 101 Å². The quantitative estimate of drug-likeness (QED) is 0.339. The zero-order valence-electron chi connectivity index (χ0n) is 7.43. The lowest BCUT2D eigenvalue weighted by Crippen LogP contribution is -2.20. The summed E-state index contributed by atoms with van der Waals surface area (Å²) in [5.41, 5.74) is 0. The van der Waals surface area contributed by atoms with Crippen molar-refractivity contribution in [2.24, 2.45) is 0 Å². The highest BCUT2D eigenvalue weighted by atomic mass is 16.5. The van der Waals surface area contributed by atoms with Crippen molar-refractivity contribution in [3.8, 4) is 0 Å². The van der Waals surface area contributed by atoms with Crippen LogP contribution in [0.3, 0.4) is 0 Å². The van der Waals surface area contributed by atoms with Crippen molar-refractivity contribution in [1.82, 2.24) is 0 Å². The monoisotopic (exact) mass is 182 g/mol. The summed E-state index contributed by atoms with van der Waals surface area (Å²) in [5.74, 6) is -1.46. The summed E-state index contributed by atoms with van der Waals surface area (Å²) in [6, 6.07) is 0. The number of hydrogen-bond acceptors (Lipinski definition) is 5. The first-order valence-corrected chi connectivity index (χ1v) is 3.72. The van der Waals surface area contributed by atoms with Gasteiger partial charge in [-0.05, 0) is 13.3 Å². The Labute approximate surface area is 71.9 Å². The van der Waals surface area contributed by atoms with Gasteiger partial charge >= 0.3 is 0 Å². The van der Waals surface area contributed by atoms with Crippen LogP contribution in [0, 0.1) is 0 Å². The maximum Gasteiger partial charge on any atom is 0.159 e. The van der Waals surface area contributed by atoms with E-state index in [1.807, 2.05) is 0 Å². The number of hydrogen-bond donors (Lipinski definition) is 5. The Morgan fingerprint density at radius 3 is 1.42 bits per heavy atom. The largest absolute Gasteiger partial charge is 0.394 e. The standard InChI is InChI=1S/C4H10O2.C3H8O3/c1-3-4(2,5)6;4-1-3(6)2-5/h5-6H,3H2,1-2H3;3-6H,1-2H2. The molecule has 0 spiro atoms. The fourth-order valence-corrected chi connectivity index (χ4v) is 0.0577. The number of aliphatic hydroxyl groups is 5. The van der Waals surface area contributed by atoms with Gasteiger partial charge in [0.2, 0.25) is 0 Å². The van der Waals surface area contributed by atoms with E-state index in [1.54, 1.807) is 6.92 Å². The Kier molecular flexibility index (Phi) is 8.90. The SMILES string of the molecule is CCC(C)(O)O.OCC(O)CO. The van der Waals surface area contributed by atoms with Crippen LogP contribution in [0.1, 0.15) is 20.3 Å². The predicted octanol–water partition coefficient (Wildman–Crippen LogP) is -1.57. The highest BCUT2D eigenvalue weighted by Gasteiger charge is 2.08. The maximum absolute atomic E-state index is 8.38. The van der Waals surface area contributed by atoms with E-state index < -0.39 is 11.9 Å². The van der Waals surface area contributed by atoms with Crippen molar-refractivity contribution >= 4 is 0 Å². The van der Waals surface area contributed by atoms with Gasteiger partial charge in [0.15, 0.2) is 5.79 Å². The molecule has 0 aromatic rings. The Hall–Kier alpha value is -0.200. The van der Waals surface area contributed by atoms with Crippen molar-refractivity contribution in [2.75, 3.05) is 13.2 Å². The van der Waals surface area contributed by atoms with Gasteiger partial charge in [0.1, 0.15) is 6.10 Å². The van der Waals surface area contributed by atoms with Gasteiger partial charge in [-0.2, -0.15) is 0 Å². The summed E-state index contributed by atoms with van der Waals surface area (Å²) >= 11 is 0. The van der Waals surface area contributed by atoms with Gasteiger partial charge in [-0.25, -0.2) is 0 Å². The highest BCUT2D eigenvalue weighted by molar-refractivity contribution is 4.47. The van der Waals surface area contributed by atoms with E-state index in [-0.39, 0.29) is 13.2 Å². The van der Waals surface area contributed by atoms with Crippen LogP contribution >= 0.6 is 0 Å². The predicted molar refractivity (Wildman–Crippen MR) is 43.3 cm³/mol. The number of rotatable bonds is 3. The van der Waals surface area contributed by atoms with E-state index >= 15 is 0 Å². The summed E-state index contributed by atoms with van der Waals surface area (Å²) in [6.07, 6.45) is -0.572. The van der Waals surface area contributed by atoms with Crippen LogP contribution in [0.5, 0.6) is 0 Å². The molecule has 0 fully saturated rings. The Balaban J connectivity index is 0. The molecule has 0 unspecified atom stereocenters. The van der Waals surface area contributed by atoms with Gasteiger partial charge in [-0.1, -0.05) is 6.92 Å². The summed E-state index contributed by atoms with van der Waals surface area (Å²) in [6.45, 7) is 2.33. The van der Waals surface area contributed by atoms with Crippen LogP contribution in [0.2, 0.25) is 0 Å². The van der Waals surface area contributed by atoms with Gasteiger partial charge < -0.3 is 25.5 Å². The molecule has 5 nitrogen and oxygen atoms in total. The molecule has 12 heavy (non-hydrogen) atoms. The van der Waals surface area contributed by atoms with E-state index in [9.17, 15) is 0 Å². The normalized spacial score (nSPS) is 11.0. The second kappa shape index (κ2) is 7.45. The van der Waals surface area contributed by atoms with Crippen LogP contribution in [0.4, 0.5) is 0 Å². The van der Waals surface area contributed by atoms with Crippen molar-refractivity contribution in [3.05, 3.63) is 0 Å². The first kappa shape index (κ1) is 14.3. The smallest absolute Gasteiger partial charge is 0.159 e. The lowest BCUT2D eigenvalue weighted by molar-refractivity contribution is -0.145. The molecule has 0 atom stereocenters. The lowest BCUT2D eigenvalue weighted by atomic mass is 10.3. The Bertz CT molecular complexity index is 84.3. The molecule has 0 aliphatic heterocycles. The van der Waals surface area contributed by atoms with E-state index in [2.05, 4.69) is 0 Å². The average Bonchev–Trinajstić information content (AvgIpc) is 2.03. The molecule has 0 saturated heterocycles. The molecule has 0 aliphatic carbocycles. The van der Waals surface area contributed by atoms with Crippen LogP contribution in [0.15, 0.2) is 0 Å². The van der Waals surface area contributed by atoms with Gasteiger partial charge in [-0.3, -0.25) is 0 Å². The van der Waals surface area contributed by atoms with Crippen LogP contribution < -0.4 is 0 Å². The molecule has 0 bridgehead atoms. The molecule has 0 rings (SSSR count). The fraction of sp³-hybridized carbons (Fsp3) is 1.00. The molecular formula is C7H18O5. The third kappa shape index (κ3) is 16.4. The zero-order chi connectivity index (χ0) is 10.2. The first-order chi connectivity index (χ1) is 5.37. The maximum atomic E-state index is 8.38. The number of aliphatic hydroxyl groups excluding tert-OH is 3. The highest BCUT2D eigenvalue weighted by Crippen LogP contribution is 1.99. The average molecular weight is 182 g/mol. The van der Waals surface area contributed by atoms with Gasteiger partial charge in [0.05, 0.1) is 13.2 Å². The summed E-state index contributed by atoms with van der Waals surface area (Å²) in [7, 11) is 0. The van der Waals surface area contributed by atoms with Crippen LogP contribution in [-0.4, -0.2) is 50.6 Å².